The van der Waals surface area contributed by atoms with Crippen LogP contribution in [0.4, 0.5) is 0 Å². The molecule has 1 saturated carbocycles. The molecule has 0 bridgehead atoms. The molecule has 22 heteroatoms. The first kappa shape index (κ1) is 35.9. The van der Waals surface area contributed by atoms with Gasteiger partial charge in [-0.05, 0) is 26.2 Å². The Kier molecular flexibility index (Phi) is 12.0. The molecular formula is C22H42N10O11S. The Hall–Kier alpha value is -2.58. The zero-order valence-electron chi connectivity index (χ0n) is 23.8. The van der Waals surface area contributed by atoms with Gasteiger partial charge in [-0.3, -0.25) is 5.43 Å². The molecular weight excluding hydrogens is 612 g/mol. The van der Waals surface area contributed by atoms with Crippen molar-refractivity contribution in [3.63, 3.8) is 0 Å². The van der Waals surface area contributed by atoms with Crippen molar-refractivity contribution in [1.82, 2.24) is 10.7 Å². The third-order valence-electron chi connectivity index (χ3n) is 7.59. The molecule has 2 heterocycles. The van der Waals surface area contributed by atoms with Crippen molar-refractivity contribution in [3.8, 4) is 0 Å². The monoisotopic (exact) mass is 654 g/mol. The zero-order chi connectivity index (χ0) is 33.1. The average Bonchev–Trinajstić information content (AvgIpc) is 3.17. The molecule has 0 unspecified atom stereocenters. The number of hydrazone groups is 1. The summed E-state index contributed by atoms with van der Waals surface area (Å²) in [4.78, 5) is 7.71. The van der Waals surface area contributed by atoms with E-state index >= 15 is 0 Å². The number of rotatable bonds is 10. The minimum absolute atomic E-state index is 0.237. The SMILES string of the molecule is CN[C@@H]1[C@H](O[C@@H]2[C@H](O[C@@H]3[C@H](O)[C@H](O)[C@H](N=C(N)N)[C@H](O)[C@@H]3N=C(N)N)O[C@H](C)[C@]2(O)C=NNC(N)=S)O[C@H](CO)[C@H](O)[C@H]1O. The van der Waals surface area contributed by atoms with Crippen LogP contribution >= 0.6 is 12.2 Å². The van der Waals surface area contributed by atoms with Crippen molar-refractivity contribution in [1.29, 1.82) is 0 Å². The highest BCUT2D eigenvalue weighted by Crippen LogP contribution is 2.38. The lowest BCUT2D eigenvalue weighted by molar-refractivity contribution is -0.313. The number of nitrogens with zero attached hydrogens (tertiary/aromatic N) is 3. The van der Waals surface area contributed by atoms with Gasteiger partial charge in [0.1, 0.15) is 60.9 Å². The van der Waals surface area contributed by atoms with Gasteiger partial charge in [0.25, 0.3) is 0 Å². The van der Waals surface area contributed by atoms with Crippen LogP contribution in [0.5, 0.6) is 0 Å². The smallest absolute Gasteiger partial charge is 0.188 e. The van der Waals surface area contributed by atoms with E-state index in [-0.39, 0.29) is 5.11 Å². The van der Waals surface area contributed by atoms with Crippen LogP contribution in [-0.2, 0) is 18.9 Å². The first-order valence-corrected chi connectivity index (χ1v) is 13.8. The lowest BCUT2D eigenvalue weighted by Gasteiger charge is -2.45. The fourth-order valence-corrected chi connectivity index (χ4v) is 5.35. The maximum atomic E-state index is 11.8. The number of hydrogen-bond acceptors (Lipinski definition) is 16. The molecule has 0 amide bonds. The lowest BCUT2D eigenvalue weighted by atomic mass is 9.81. The average molecular weight is 655 g/mol. The highest BCUT2D eigenvalue weighted by Gasteiger charge is 2.60. The molecule has 3 fully saturated rings. The van der Waals surface area contributed by atoms with Crippen molar-refractivity contribution in [2.75, 3.05) is 13.7 Å². The summed E-state index contributed by atoms with van der Waals surface area (Å²) < 4.78 is 23.6. The van der Waals surface area contributed by atoms with E-state index in [1.807, 2.05) is 0 Å². The van der Waals surface area contributed by atoms with Crippen LogP contribution in [0.3, 0.4) is 0 Å². The number of nitrogens with two attached hydrogens (primary N) is 5. The molecule has 0 radical (unpaired) electrons. The van der Waals surface area contributed by atoms with Crippen molar-refractivity contribution in [2.24, 2.45) is 43.8 Å². The topological polar surface area (TPSA) is 370 Å². The first-order valence-electron chi connectivity index (χ1n) is 13.4. The summed E-state index contributed by atoms with van der Waals surface area (Å²) in [6.45, 7) is 0.721. The van der Waals surface area contributed by atoms with Crippen LogP contribution in [0.2, 0.25) is 0 Å². The van der Waals surface area contributed by atoms with E-state index in [9.17, 15) is 35.7 Å². The molecule has 21 nitrogen and oxygen atoms in total. The molecule has 1 aliphatic carbocycles. The molecule has 0 spiro atoms. The summed E-state index contributed by atoms with van der Waals surface area (Å²) in [5.74, 6) is -1.02. The number of nitrogens with one attached hydrogen (secondary N) is 2. The van der Waals surface area contributed by atoms with Gasteiger partial charge in [0.05, 0.1) is 25.0 Å². The van der Waals surface area contributed by atoms with Gasteiger partial charge in [-0.25, -0.2) is 9.98 Å². The second kappa shape index (κ2) is 14.7. The maximum absolute atomic E-state index is 11.8. The van der Waals surface area contributed by atoms with Gasteiger partial charge < -0.3 is 88.7 Å². The van der Waals surface area contributed by atoms with Gasteiger partial charge in [0, 0.05) is 0 Å². The van der Waals surface area contributed by atoms with E-state index in [1.54, 1.807) is 0 Å². The summed E-state index contributed by atoms with van der Waals surface area (Å²) in [6, 6.07) is -4.07. The molecule has 3 aliphatic rings. The lowest BCUT2D eigenvalue weighted by Crippen LogP contribution is -2.66. The molecule has 44 heavy (non-hydrogen) atoms. The number of ether oxygens (including phenoxy) is 4. The van der Waals surface area contributed by atoms with Crippen molar-refractivity contribution in [2.45, 2.75) is 98.2 Å². The third-order valence-corrected chi connectivity index (χ3v) is 7.69. The Morgan fingerprint density at radius 3 is 2.05 bits per heavy atom. The van der Waals surface area contributed by atoms with Crippen LogP contribution in [-0.4, -0.2) is 164 Å². The van der Waals surface area contributed by atoms with Gasteiger partial charge in [-0.2, -0.15) is 5.10 Å². The maximum Gasteiger partial charge on any atom is 0.188 e. The normalized spacial score (nSPS) is 44.3. The highest BCUT2D eigenvalue weighted by atomic mass is 32.1. The zero-order valence-corrected chi connectivity index (χ0v) is 24.6. The summed E-state index contributed by atoms with van der Waals surface area (Å²) in [5.41, 5.74) is 27.5. The Labute approximate surface area is 256 Å². The summed E-state index contributed by atoms with van der Waals surface area (Å²) in [5, 5.41) is 81.7. The fourth-order valence-electron chi connectivity index (χ4n) is 5.29. The molecule has 252 valence electrons. The number of hydrogen-bond donors (Lipinski definition) is 14. The number of guanidine groups is 2. The predicted molar refractivity (Wildman–Crippen MR) is 155 cm³/mol. The molecule has 19 N–H and O–H groups in total. The van der Waals surface area contributed by atoms with Crippen molar-refractivity contribution >= 4 is 35.5 Å². The number of likely N-dealkylation sites (N-methyl/N-ethyl adjacent to an activating group) is 1. The Morgan fingerprint density at radius 2 is 1.50 bits per heavy atom. The van der Waals surface area contributed by atoms with E-state index in [1.165, 1.54) is 14.0 Å². The highest BCUT2D eigenvalue weighted by molar-refractivity contribution is 7.80. The van der Waals surface area contributed by atoms with Gasteiger partial charge in [-0.1, -0.05) is 0 Å². The number of aliphatic hydroxyl groups is 7. The van der Waals surface area contributed by atoms with Crippen LogP contribution in [0.15, 0.2) is 15.1 Å². The Bertz CT molecular complexity index is 1090. The number of aliphatic hydroxyl groups excluding tert-OH is 6. The van der Waals surface area contributed by atoms with Crippen molar-refractivity contribution in [3.05, 3.63) is 0 Å². The van der Waals surface area contributed by atoms with Gasteiger partial charge in [-0.15, -0.1) is 0 Å². The molecule has 0 aromatic carbocycles. The molecule has 2 aliphatic heterocycles. The second-order valence-corrected chi connectivity index (χ2v) is 10.9. The van der Waals surface area contributed by atoms with Crippen LogP contribution in [0.25, 0.3) is 0 Å². The fraction of sp³-hybridized carbons (Fsp3) is 0.818. The standard InChI is InChI=1S/C22H42N10O11S/c1-5-22(39,4-29-32-21(27)44)16(43-17-9(28-2)13(37)10(34)6(3-33)41-17)18(40-5)42-15-8(31-20(25)26)11(35)7(30-19(23)24)12(36)14(15)38/h4-18,28,33-39H,3H2,1-2H3,(H4,23,24,30)(H4,25,26,31)(H3,27,32,44)/t5-,6-,7-,8+,9+,10+,11+,12-,13+,14-,15+,16-,17+,18+,22-/m1/s1. The minimum atomic E-state index is -2.18. The van der Waals surface area contributed by atoms with Crippen molar-refractivity contribution < 1.29 is 54.7 Å². The van der Waals surface area contributed by atoms with Crippen LogP contribution in [0.1, 0.15) is 6.92 Å². The Morgan fingerprint density at radius 1 is 0.886 bits per heavy atom. The molecule has 0 aromatic heterocycles. The van der Waals surface area contributed by atoms with E-state index in [4.69, 9.17) is 59.8 Å². The molecule has 0 aromatic rings. The van der Waals surface area contributed by atoms with Gasteiger partial charge >= 0.3 is 0 Å². The minimum Gasteiger partial charge on any atom is -0.394 e. The largest absolute Gasteiger partial charge is 0.394 e. The molecule has 15 atom stereocenters. The van der Waals surface area contributed by atoms with E-state index in [2.05, 4.69) is 25.8 Å². The van der Waals surface area contributed by atoms with E-state index < -0.39 is 110 Å². The van der Waals surface area contributed by atoms with Gasteiger partial charge in [0.15, 0.2) is 35.2 Å². The Balaban J connectivity index is 2.04. The first-order chi connectivity index (χ1) is 20.6. The third kappa shape index (κ3) is 7.44. The van der Waals surface area contributed by atoms with E-state index in [0.29, 0.717) is 0 Å². The van der Waals surface area contributed by atoms with Crippen LogP contribution in [0, 0.1) is 0 Å². The summed E-state index contributed by atoms with van der Waals surface area (Å²) >= 11 is 4.74. The summed E-state index contributed by atoms with van der Waals surface area (Å²) in [7, 11) is 1.44. The summed E-state index contributed by atoms with van der Waals surface area (Å²) in [6.07, 6.45) is -16.2. The van der Waals surface area contributed by atoms with E-state index in [0.717, 1.165) is 6.21 Å². The molecule has 2 saturated heterocycles. The predicted octanol–water partition coefficient (Wildman–Crippen LogP) is -8.54. The quantitative estimate of drug-likeness (QED) is 0.0450. The van der Waals surface area contributed by atoms with Gasteiger partial charge in [0.2, 0.25) is 0 Å². The second-order valence-electron chi connectivity index (χ2n) is 10.5. The van der Waals surface area contributed by atoms with Crippen LogP contribution < -0.4 is 39.4 Å². The number of aliphatic imine (C=N–C) groups is 2. The molecule has 3 rings (SSSR count). The number of thiocarbonyl (C=S) groups is 1.